The molecule has 0 heterocycles. The number of aliphatic carboxylic acids is 1. The van der Waals surface area contributed by atoms with Crippen LogP contribution in [0.25, 0.3) is 0 Å². The van der Waals surface area contributed by atoms with Gasteiger partial charge >= 0.3 is 12.1 Å². The van der Waals surface area contributed by atoms with Gasteiger partial charge in [-0.3, -0.25) is 4.79 Å². The Morgan fingerprint density at radius 1 is 1.20 bits per heavy atom. The van der Waals surface area contributed by atoms with E-state index in [-0.39, 0.29) is 6.42 Å². The van der Waals surface area contributed by atoms with Gasteiger partial charge in [-0.05, 0) is 54.8 Å². The highest BCUT2D eigenvalue weighted by atomic mass is 19.4. The number of oxime groups is 1. The Morgan fingerprint density at radius 3 is 2.52 bits per heavy atom. The van der Waals surface area contributed by atoms with Gasteiger partial charge in [0.25, 0.3) is 0 Å². The zero-order valence-electron chi connectivity index (χ0n) is 13.6. The highest BCUT2D eigenvalue weighted by Crippen LogP contribution is 2.29. The lowest BCUT2D eigenvalue weighted by Crippen LogP contribution is -2.07. The molecule has 0 aromatic heterocycles. The SMILES string of the molecule is CC(=NOc1ccc(CC(=O)O)c(C)c1)c1cccc(C(F)(F)F)c1. The van der Waals surface area contributed by atoms with Gasteiger partial charge in [0.05, 0.1) is 17.7 Å². The van der Waals surface area contributed by atoms with Crippen molar-refractivity contribution in [2.75, 3.05) is 0 Å². The number of alkyl halides is 3. The van der Waals surface area contributed by atoms with Crippen LogP contribution in [-0.2, 0) is 17.4 Å². The van der Waals surface area contributed by atoms with Crippen molar-refractivity contribution in [1.82, 2.24) is 0 Å². The molecule has 0 aliphatic rings. The van der Waals surface area contributed by atoms with Gasteiger partial charge in [0.15, 0.2) is 5.75 Å². The quantitative estimate of drug-likeness (QED) is 0.640. The molecule has 0 unspecified atom stereocenters. The van der Waals surface area contributed by atoms with Crippen molar-refractivity contribution >= 4 is 11.7 Å². The molecule has 0 spiro atoms. The highest BCUT2D eigenvalue weighted by Gasteiger charge is 2.30. The maximum absolute atomic E-state index is 12.7. The second-order valence-corrected chi connectivity index (χ2v) is 5.51. The maximum Gasteiger partial charge on any atom is 0.416 e. The first kappa shape index (κ1) is 18.5. The van der Waals surface area contributed by atoms with Crippen LogP contribution in [0, 0.1) is 6.92 Å². The molecule has 0 fully saturated rings. The monoisotopic (exact) mass is 351 g/mol. The predicted octanol–water partition coefficient (Wildman–Crippen LogP) is 4.44. The fourth-order valence-corrected chi connectivity index (χ4v) is 2.18. The van der Waals surface area contributed by atoms with Gasteiger partial charge in [0, 0.05) is 0 Å². The Hall–Kier alpha value is -2.83. The van der Waals surface area contributed by atoms with Crippen LogP contribution in [0.3, 0.4) is 0 Å². The summed E-state index contributed by atoms with van der Waals surface area (Å²) in [6, 6.07) is 9.62. The van der Waals surface area contributed by atoms with Gasteiger partial charge in [-0.15, -0.1) is 0 Å². The summed E-state index contributed by atoms with van der Waals surface area (Å²) < 4.78 is 38.2. The Balaban J connectivity index is 2.16. The summed E-state index contributed by atoms with van der Waals surface area (Å²) in [4.78, 5) is 16.0. The number of carboxylic acid groups (broad SMARTS) is 1. The van der Waals surface area contributed by atoms with E-state index in [0.717, 1.165) is 17.7 Å². The third-order valence-corrected chi connectivity index (χ3v) is 3.55. The molecule has 0 saturated heterocycles. The Morgan fingerprint density at radius 2 is 1.92 bits per heavy atom. The number of nitrogens with zero attached hydrogens (tertiary/aromatic N) is 1. The van der Waals surface area contributed by atoms with Crippen LogP contribution in [0.5, 0.6) is 5.75 Å². The highest BCUT2D eigenvalue weighted by molar-refractivity contribution is 5.98. The summed E-state index contributed by atoms with van der Waals surface area (Å²) in [5.74, 6) is -0.562. The first-order valence-corrected chi connectivity index (χ1v) is 7.37. The molecule has 0 amide bonds. The van der Waals surface area contributed by atoms with Crippen molar-refractivity contribution in [3.8, 4) is 5.75 Å². The number of carboxylic acids is 1. The average molecular weight is 351 g/mol. The zero-order valence-corrected chi connectivity index (χ0v) is 13.6. The second kappa shape index (κ2) is 7.38. The van der Waals surface area contributed by atoms with Gasteiger partial charge in [-0.1, -0.05) is 23.4 Å². The summed E-state index contributed by atoms with van der Waals surface area (Å²) in [6.07, 6.45) is -4.52. The summed E-state index contributed by atoms with van der Waals surface area (Å²) in [5, 5.41) is 12.7. The van der Waals surface area contributed by atoms with E-state index in [2.05, 4.69) is 5.16 Å². The minimum atomic E-state index is -4.42. The van der Waals surface area contributed by atoms with E-state index in [4.69, 9.17) is 9.94 Å². The first-order chi connectivity index (χ1) is 11.7. The number of aryl methyl sites for hydroxylation is 1. The topological polar surface area (TPSA) is 58.9 Å². The molecular formula is C18H16F3NO3. The number of benzene rings is 2. The maximum atomic E-state index is 12.7. The molecule has 0 aliphatic heterocycles. The number of hydrogen-bond donors (Lipinski definition) is 1. The van der Waals surface area contributed by atoms with Crippen molar-refractivity contribution in [1.29, 1.82) is 0 Å². The van der Waals surface area contributed by atoms with Gasteiger partial charge in [0.1, 0.15) is 0 Å². The predicted molar refractivity (Wildman–Crippen MR) is 86.8 cm³/mol. The number of hydrogen-bond acceptors (Lipinski definition) is 3. The lowest BCUT2D eigenvalue weighted by molar-refractivity contribution is -0.138. The summed E-state index contributed by atoms with van der Waals surface area (Å²) in [6.45, 7) is 3.29. The molecular weight excluding hydrogens is 335 g/mol. The summed E-state index contributed by atoms with van der Waals surface area (Å²) in [5.41, 5.74) is 1.21. The minimum Gasteiger partial charge on any atom is -0.481 e. The van der Waals surface area contributed by atoms with Crippen molar-refractivity contribution in [2.24, 2.45) is 5.16 Å². The molecule has 25 heavy (non-hydrogen) atoms. The van der Waals surface area contributed by atoms with Crippen LogP contribution in [0.2, 0.25) is 0 Å². The van der Waals surface area contributed by atoms with E-state index < -0.39 is 17.7 Å². The molecule has 2 rings (SSSR count). The van der Waals surface area contributed by atoms with E-state index in [1.807, 2.05) is 0 Å². The van der Waals surface area contributed by atoms with Crippen LogP contribution >= 0.6 is 0 Å². The van der Waals surface area contributed by atoms with E-state index in [9.17, 15) is 18.0 Å². The Bertz CT molecular complexity index is 813. The number of halogens is 3. The van der Waals surface area contributed by atoms with Crippen LogP contribution in [0.4, 0.5) is 13.2 Å². The third-order valence-electron chi connectivity index (χ3n) is 3.55. The summed E-state index contributed by atoms with van der Waals surface area (Å²) in [7, 11) is 0. The molecule has 0 radical (unpaired) electrons. The fourth-order valence-electron chi connectivity index (χ4n) is 2.18. The molecule has 0 bridgehead atoms. The van der Waals surface area contributed by atoms with Crippen molar-refractivity contribution in [2.45, 2.75) is 26.4 Å². The smallest absolute Gasteiger partial charge is 0.416 e. The van der Waals surface area contributed by atoms with Crippen molar-refractivity contribution in [3.63, 3.8) is 0 Å². The lowest BCUT2D eigenvalue weighted by atomic mass is 10.1. The molecule has 0 aliphatic carbocycles. The molecule has 2 aromatic carbocycles. The van der Waals surface area contributed by atoms with Gasteiger partial charge in [-0.25, -0.2) is 0 Å². The van der Waals surface area contributed by atoms with E-state index in [1.165, 1.54) is 12.1 Å². The summed E-state index contributed by atoms with van der Waals surface area (Å²) >= 11 is 0. The Kier molecular flexibility index (Phi) is 5.46. The van der Waals surface area contributed by atoms with Gasteiger partial charge in [-0.2, -0.15) is 13.2 Å². The molecule has 1 N–H and O–H groups in total. The van der Waals surface area contributed by atoms with E-state index >= 15 is 0 Å². The van der Waals surface area contributed by atoms with Gasteiger partial charge < -0.3 is 9.94 Å². The molecule has 0 saturated carbocycles. The first-order valence-electron chi connectivity index (χ1n) is 7.37. The molecule has 7 heteroatoms. The fraction of sp³-hybridized carbons (Fsp3) is 0.222. The number of rotatable bonds is 5. The van der Waals surface area contributed by atoms with Crippen molar-refractivity contribution in [3.05, 3.63) is 64.7 Å². The minimum absolute atomic E-state index is 0.0986. The lowest BCUT2D eigenvalue weighted by Gasteiger charge is -2.09. The molecule has 4 nitrogen and oxygen atoms in total. The number of carbonyl (C=O) groups is 1. The van der Waals surface area contributed by atoms with Crippen molar-refractivity contribution < 1.29 is 27.9 Å². The Labute approximate surface area is 142 Å². The van der Waals surface area contributed by atoms with Crippen LogP contribution < -0.4 is 4.84 Å². The van der Waals surface area contributed by atoms with Crippen LogP contribution in [0.1, 0.15) is 29.2 Å². The second-order valence-electron chi connectivity index (χ2n) is 5.51. The van der Waals surface area contributed by atoms with Crippen LogP contribution in [-0.4, -0.2) is 16.8 Å². The van der Waals surface area contributed by atoms with Gasteiger partial charge in [0.2, 0.25) is 0 Å². The standard InChI is InChI=1S/C18H16F3NO3/c1-11-8-16(7-6-13(11)10-17(23)24)25-22-12(2)14-4-3-5-15(9-14)18(19,20)21/h3-9H,10H2,1-2H3,(H,23,24). The van der Waals surface area contributed by atoms with Crippen LogP contribution in [0.15, 0.2) is 47.6 Å². The average Bonchev–Trinajstić information content (AvgIpc) is 2.54. The largest absolute Gasteiger partial charge is 0.481 e. The van der Waals surface area contributed by atoms with E-state index in [1.54, 1.807) is 32.0 Å². The molecule has 0 atom stereocenters. The molecule has 132 valence electrons. The van der Waals surface area contributed by atoms with E-state index in [0.29, 0.717) is 22.6 Å². The zero-order chi connectivity index (χ0) is 18.6. The molecule has 2 aromatic rings. The normalized spacial score (nSPS) is 12.1. The third kappa shape index (κ3) is 5.07.